The molecule has 0 aromatic heterocycles. The predicted octanol–water partition coefficient (Wildman–Crippen LogP) is 4.34. The lowest BCUT2D eigenvalue weighted by Gasteiger charge is -2.26. The molecule has 104 valence electrons. The third-order valence-corrected chi connectivity index (χ3v) is 5.04. The van der Waals surface area contributed by atoms with E-state index in [1.54, 1.807) is 11.8 Å². The second-order valence-electron chi connectivity index (χ2n) is 5.31. The monoisotopic (exact) mass is 282 g/mol. The Labute approximate surface area is 117 Å². The summed E-state index contributed by atoms with van der Waals surface area (Å²) in [7, 11) is 0. The van der Waals surface area contributed by atoms with Gasteiger partial charge in [0.25, 0.3) is 0 Å². The first-order valence-corrected chi connectivity index (χ1v) is 7.74. The van der Waals surface area contributed by atoms with Crippen molar-refractivity contribution in [1.29, 1.82) is 0 Å². The number of carboxylic acids is 1. The quantitative estimate of drug-likeness (QED) is 0.892. The molecule has 0 heterocycles. The van der Waals surface area contributed by atoms with Gasteiger partial charge in [-0.25, -0.2) is 9.18 Å². The van der Waals surface area contributed by atoms with Crippen LogP contribution in [-0.2, 0) is 5.75 Å². The number of halogens is 1. The third kappa shape index (κ3) is 3.96. The van der Waals surface area contributed by atoms with Gasteiger partial charge in [0.15, 0.2) is 0 Å². The molecular weight excluding hydrogens is 263 g/mol. The first-order valence-electron chi connectivity index (χ1n) is 6.69. The highest BCUT2D eigenvalue weighted by Gasteiger charge is 2.20. The molecule has 0 saturated heterocycles. The van der Waals surface area contributed by atoms with Crippen LogP contribution in [0.25, 0.3) is 0 Å². The number of hydrogen-bond acceptors (Lipinski definition) is 2. The summed E-state index contributed by atoms with van der Waals surface area (Å²) in [6.07, 6.45) is 4.90. The number of hydrogen-bond donors (Lipinski definition) is 1. The van der Waals surface area contributed by atoms with E-state index < -0.39 is 5.97 Å². The Hall–Kier alpha value is -1.03. The van der Waals surface area contributed by atoms with Crippen molar-refractivity contribution in [3.63, 3.8) is 0 Å². The molecule has 0 bridgehead atoms. The fourth-order valence-corrected chi connectivity index (χ4v) is 4.08. The second-order valence-corrected chi connectivity index (χ2v) is 6.60. The molecule has 1 aromatic carbocycles. The van der Waals surface area contributed by atoms with Crippen LogP contribution in [0.2, 0.25) is 0 Å². The molecule has 2 nitrogen and oxygen atoms in total. The van der Waals surface area contributed by atoms with Crippen molar-refractivity contribution in [2.24, 2.45) is 5.92 Å². The molecule has 2 atom stereocenters. The molecule has 0 spiro atoms. The van der Waals surface area contributed by atoms with Gasteiger partial charge in [0.1, 0.15) is 5.82 Å². The van der Waals surface area contributed by atoms with Gasteiger partial charge in [0.2, 0.25) is 0 Å². The molecular formula is C15H19FO2S. The Morgan fingerprint density at radius 2 is 2.26 bits per heavy atom. The SMILES string of the molecule is CC1CCCC(SCc2cc(F)ccc2C(=O)O)C1. The number of aromatic carboxylic acids is 1. The lowest BCUT2D eigenvalue weighted by atomic mass is 9.91. The van der Waals surface area contributed by atoms with E-state index in [9.17, 15) is 9.18 Å². The topological polar surface area (TPSA) is 37.3 Å². The molecule has 1 aliphatic rings. The van der Waals surface area contributed by atoms with Crippen molar-refractivity contribution < 1.29 is 14.3 Å². The summed E-state index contributed by atoms with van der Waals surface area (Å²) in [6.45, 7) is 2.26. The number of rotatable bonds is 4. The highest BCUT2D eigenvalue weighted by molar-refractivity contribution is 7.99. The van der Waals surface area contributed by atoms with Crippen molar-refractivity contribution in [3.8, 4) is 0 Å². The van der Waals surface area contributed by atoms with Crippen LogP contribution in [0.15, 0.2) is 18.2 Å². The van der Waals surface area contributed by atoms with Gasteiger partial charge in [-0.2, -0.15) is 11.8 Å². The number of carbonyl (C=O) groups is 1. The van der Waals surface area contributed by atoms with Crippen LogP contribution in [0.5, 0.6) is 0 Å². The van der Waals surface area contributed by atoms with Gasteiger partial charge in [-0.15, -0.1) is 0 Å². The lowest BCUT2D eigenvalue weighted by Crippen LogP contribution is -2.15. The summed E-state index contributed by atoms with van der Waals surface area (Å²) in [6, 6.07) is 3.92. The summed E-state index contributed by atoms with van der Waals surface area (Å²) in [5, 5.41) is 9.68. The Kier molecular flexibility index (Phi) is 4.86. The predicted molar refractivity (Wildman–Crippen MR) is 76.1 cm³/mol. The van der Waals surface area contributed by atoms with E-state index >= 15 is 0 Å². The highest BCUT2D eigenvalue weighted by atomic mass is 32.2. The summed E-state index contributed by atoms with van der Waals surface area (Å²) in [5.74, 6) is -0.0144. The van der Waals surface area contributed by atoms with Gasteiger partial charge in [-0.1, -0.05) is 19.8 Å². The Bertz CT molecular complexity index is 461. The maximum Gasteiger partial charge on any atom is 0.335 e. The van der Waals surface area contributed by atoms with E-state index in [0.29, 0.717) is 16.6 Å². The third-order valence-electron chi connectivity index (χ3n) is 3.66. The summed E-state index contributed by atoms with van der Waals surface area (Å²) in [4.78, 5) is 11.1. The van der Waals surface area contributed by atoms with Crippen LogP contribution < -0.4 is 0 Å². The molecule has 0 radical (unpaired) electrons. The van der Waals surface area contributed by atoms with Crippen LogP contribution >= 0.6 is 11.8 Å². The smallest absolute Gasteiger partial charge is 0.335 e. The highest BCUT2D eigenvalue weighted by Crippen LogP contribution is 2.34. The minimum atomic E-state index is -0.979. The molecule has 1 fully saturated rings. The van der Waals surface area contributed by atoms with Gasteiger partial charge < -0.3 is 5.11 Å². The molecule has 0 amide bonds. The normalized spacial score (nSPS) is 23.3. The molecule has 19 heavy (non-hydrogen) atoms. The Morgan fingerprint density at radius 1 is 1.47 bits per heavy atom. The van der Waals surface area contributed by atoms with Gasteiger partial charge in [0, 0.05) is 11.0 Å². The Balaban J connectivity index is 2.02. The fraction of sp³-hybridized carbons (Fsp3) is 0.533. The largest absolute Gasteiger partial charge is 0.478 e. The minimum absolute atomic E-state index is 0.220. The van der Waals surface area contributed by atoms with Crippen molar-refractivity contribution in [3.05, 3.63) is 35.1 Å². The molecule has 4 heteroatoms. The average molecular weight is 282 g/mol. The van der Waals surface area contributed by atoms with Gasteiger partial charge in [-0.05, 0) is 42.5 Å². The zero-order valence-electron chi connectivity index (χ0n) is 11.1. The molecule has 1 N–H and O–H groups in total. The van der Waals surface area contributed by atoms with Gasteiger partial charge in [0.05, 0.1) is 5.56 Å². The minimum Gasteiger partial charge on any atom is -0.478 e. The van der Waals surface area contributed by atoms with Crippen molar-refractivity contribution in [2.45, 2.75) is 43.6 Å². The van der Waals surface area contributed by atoms with Crippen LogP contribution in [0.1, 0.15) is 48.5 Å². The van der Waals surface area contributed by atoms with E-state index in [1.807, 2.05) is 0 Å². The number of benzene rings is 1. The van der Waals surface area contributed by atoms with Crippen molar-refractivity contribution in [1.82, 2.24) is 0 Å². The summed E-state index contributed by atoms with van der Waals surface area (Å²) in [5.41, 5.74) is 0.813. The first-order chi connectivity index (χ1) is 9.06. The van der Waals surface area contributed by atoms with Crippen LogP contribution in [0.4, 0.5) is 4.39 Å². The van der Waals surface area contributed by atoms with E-state index in [2.05, 4.69) is 6.92 Å². The number of thioether (sulfide) groups is 1. The molecule has 0 aliphatic heterocycles. The second kappa shape index (κ2) is 6.42. The van der Waals surface area contributed by atoms with Crippen molar-refractivity contribution >= 4 is 17.7 Å². The van der Waals surface area contributed by atoms with E-state index in [1.165, 1.54) is 43.9 Å². The molecule has 2 rings (SSSR count). The lowest BCUT2D eigenvalue weighted by molar-refractivity contribution is 0.0696. The van der Waals surface area contributed by atoms with E-state index in [0.717, 1.165) is 5.92 Å². The molecule has 1 saturated carbocycles. The summed E-state index contributed by atoms with van der Waals surface area (Å²) < 4.78 is 13.2. The zero-order valence-corrected chi connectivity index (χ0v) is 11.9. The van der Waals surface area contributed by atoms with E-state index in [-0.39, 0.29) is 11.4 Å². The average Bonchev–Trinajstić information content (AvgIpc) is 2.36. The molecule has 1 aromatic rings. The maximum absolute atomic E-state index is 13.2. The Morgan fingerprint density at radius 3 is 2.95 bits per heavy atom. The standard InChI is InChI=1S/C15H19FO2S/c1-10-3-2-4-13(7-10)19-9-11-8-12(16)5-6-14(11)15(17)18/h5-6,8,10,13H,2-4,7,9H2,1H3,(H,17,18). The molecule has 1 aliphatic carbocycles. The van der Waals surface area contributed by atoms with Crippen LogP contribution in [0.3, 0.4) is 0 Å². The van der Waals surface area contributed by atoms with Crippen LogP contribution in [0, 0.1) is 11.7 Å². The van der Waals surface area contributed by atoms with Crippen LogP contribution in [-0.4, -0.2) is 16.3 Å². The molecule has 2 unspecified atom stereocenters. The van der Waals surface area contributed by atoms with Crippen molar-refractivity contribution in [2.75, 3.05) is 0 Å². The van der Waals surface area contributed by atoms with E-state index in [4.69, 9.17) is 5.11 Å². The zero-order chi connectivity index (χ0) is 13.8. The first kappa shape index (κ1) is 14.4. The van der Waals surface area contributed by atoms with Gasteiger partial charge in [-0.3, -0.25) is 0 Å². The number of carboxylic acid groups (broad SMARTS) is 1. The van der Waals surface area contributed by atoms with Gasteiger partial charge >= 0.3 is 5.97 Å². The fourth-order valence-electron chi connectivity index (χ4n) is 2.63. The summed E-state index contributed by atoms with van der Waals surface area (Å²) >= 11 is 1.76. The maximum atomic E-state index is 13.2.